The van der Waals surface area contributed by atoms with E-state index in [2.05, 4.69) is 5.32 Å². The summed E-state index contributed by atoms with van der Waals surface area (Å²) < 4.78 is 20.8. The number of furan rings is 1. The van der Waals surface area contributed by atoms with E-state index < -0.39 is 5.97 Å². The summed E-state index contributed by atoms with van der Waals surface area (Å²) in [6.45, 7) is 2.44. The van der Waals surface area contributed by atoms with Gasteiger partial charge in [-0.3, -0.25) is 0 Å². The maximum absolute atomic E-state index is 11.5. The lowest BCUT2D eigenvalue weighted by atomic mass is 10.2. The number of rotatable bonds is 4. The second-order valence-corrected chi connectivity index (χ2v) is 4.60. The number of benzene rings is 1. The van der Waals surface area contributed by atoms with Crippen molar-refractivity contribution in [3.05, 3.63) is 41.3 Å². The fourth-order valence-corrected chi connectivity index (χ4v) is 2.14. The zero-order chi connectivity index (χ0) is 14.8. The first-order valence-electron chi connectivity index (χ1n) is 6.48. The van der Waals surface area contributed by atoms with Crippen molar-refractivity contribution >= 4 is 11.7 Å². The Kier molecular flexibility index (Phi) is 3.43. The third-order valence-electron chi connectivity index (χ3n) is 3.21. The highest BCUT2D eigenvalue weighted by atomic mass is 16.7. The smallest absolute Gasteiger partial charge is 0.341 e. The molecule has 0 bridgehead atoms. The molecular weight excluding hydrogens is 274 g/mol. The lowest BCUT2D eigenvalue weighted by Crippen LogP contribution is -2.01. The maximum Gasteiger partial charge on any atom is 0.341 e. The summed E-state index contributed by atoms with van der Waals surface area (Å²) >= 11 is 0. The van der Waals surface area contributed by atoms with Gasteiger partial charge in [0.15, 0.2) is 11.5 Å². The summed E-state index contributed by atoms with van der Waals surface area (Å²) in [4.78, 5) is 11.5. The molecule has 2 heterocycles. The van der Waals surface area contributed by atoms with E-state index >= 15 is 0 Å². The quantitative estimate of drug-likeness (QED) is 0.873. The van der Waals surface area contributed by atoms with Crippen molar-refractivity contribution in [2.24, 2.45) is 0 Å². The van der Waals surface area contributed by atoms with Crippen molar-refractivity contribution in [1.29, 1.82) is 0 Å². The highest BCUT2D eigenvalue weighted by Crippen LogP contribution is 2.34. The van der Waals surface area contributed by atoms with Crippen LogP contribution in [0.15, 0.2) is 28.7 Å². The van der Waals surface area contributed by atoms with Crippen LogP contribution in [0.5, 0.6) is 11.5 Å². The molecule has 6 nitrogen and oxygen atoms in total. The van der Waals surface area contributed by atoms with Gasteiger partial charge < -0.3 is 23.9 Å². The van der Waals surface area contributed by atoms with Crippen LogP contribution in [0, 0.1) is 6.92 Å². The molecule has 2 aromatic rings. The number of hydrogen-bond acceptors (Lipinski definition) is 6. The Hall–Kier alpha value is -2.63. The average molecular weight is 289 g/mol. The maximum atomic E-state index is 11.5. The molecule has 0 unspecified atom stereocenters. The number of anilines is 1. The van der Waals surface area contributed by atoms with Crippen molar-refractivity contribution < 1.29 is 23.4 Å². The minimum absolute atomic E-state index is 0.249. The lowest BCUT2D eigenvalue weighted by molar-refractivity contribution is 0.0599. The number of ether oxygens (including phenoxy) is 3. The average Bonchev–Trinajstić information content (AvgIpc) is 3.10. The summed E-state index contributed by atoms with van der Waals surface area (Å²) in [6, 6.07) is 7.28. The van der Waals surface area contributed by atoms with Gasteiger partial charge in [0.25, 0.3) is 0 Å². The van der Waals surface area contributed by atoms with Crippen molar-refractivity contribution in [2.75, 3.05) is 19.2 Å². The number of fused-ring (bicyclic) bond motifs is 1. The van der Waals surface area contributed by atoms with Gasteiger partial charge >= 0.3 is 5.97 Å². The fourth-order valence-electron chi connectivity index (χ4n) is 2.14. The molecule has 3 rings (SSSR count). The van der Waals surface area contributed by atoms with Gasteiger partial charge in [0.2, 0.25) is 6.79 Å². The van der Waals surface area contributed by atoms with Crippen LogP contribution in [-0.4, -0.2) is 19.9 Å². The summed E-state index contributed by atoms with van der Waals surface area (Å²) in [7, 11) is 1.35. The fraction of sp³-hybridized carbons (Fsp3) is 0.267. The molecule has 0 atom stereocenters. The predicted octanol–water partition coefficient (Wildman–Crippen LogP) is 2.72. The van der Waals surface area contributed by atoms with Gasteiger partial charge in [-0.15, -0.1) is 0 Å². The molecule has 0 saturated heterocycles. The number of aryl methyl sites for hydroxylation is 1. The second-order valence-electron chi connectivity index (χ2n) is 4.60. The van der Waals surface area contributed by atoms with Crippen LogP contribution >= 0.6 is 0 Å². The number of carbonyl (C=O) groups excluding carboxylic acids is 1. The number of nitrogens with one attached hydrogen (secondary N) is 1. The molecule has 1 aromatic carbocycles. The van der Waals surface area contributed by atoms with E-state index in [1.54, 1.807) is 13.0 Å². The molecule has 0 amide bonds. The Morgan fingerprint density at radius 1 is 1.29 bits per heavy atom. The monoisotopic (exact) mass is 289 g/mol. The highest BCUT2D eigenvalue weighted by Gasteiger charge is 2.16. The van der Waals surface area contributed by atoms with Crippen molar-refractivity contribution in [3.63, 3.8) is 0 Å². The van der Waals surface area contributed by atoms with Crippen molar-refractivity contribution in [1.82, 2.24) is 0 Å². The third kappa shape index (κ3) is 2.65. The summed E-state index contributed by atoms with van der Waals surface area (Å²) in [5.74, 6) is 2.26. The van der Waals surface area contributed by atoms with Crippen molar-refractivity contribution in [2.45, 2.75) is 13.5 Å². The second kappa shape index (κ2) is 5.40. The van der Waals surface area contributed by atoms with Gasteiger partial charge in [-0.25, -0.2) is 4.79 Å². The molecule has 110 valence electrons. The zero-order valence-electron chi connectivity index (χ0n) is 11.8. The minimum Gasteiger partial charge on any atom is -0.465 e. The lowest BCUT2D eigenvalue weighted by Gasteiger charge is -2.05. The zero-order valence-corrected chi connectivity index (χ0v) is 11.8. The van der Waals surface area contributed by atoms with Gasteiger partial charge in [0.1, 0.15) is 17.1 Å². The van der Waals surface area contributed by atoms with Gasteiger partial charge in [-0.1, -0.05) is 0 Å². The number of esters is 1. The Morgan fingerprint density at radius 3 is 2.90 bits per heavy atom. The molecule has 1 aliphatic rings. The van der Waals surface area contributed by atoms with Gasteiger partial charge in [-0.2, -0.15) is 0 Å². The van der Waals surface area contributed by atoms with E-state index in [-0.39, 0.29) is 6.79 Å². The summed E-state index contributed by atoms with van der Waals surface area (Å²) in [5, 5.41) is 3.21. The molecule has 0 spiro atoms. The predicted molar refractivity (Wildman–Crippen MR) is 74.7 cm³/mol. The number of carbonyl (C=O) groups is 1. The standard InChI is InChI=1S/C15H15NO5/c1-9-12(15(17)18-2)6-11(21-9)7-16-10-3-4-13-14(5-10)20-8-19-13/h3-6,16H,7-8H2,1-2H3. The van der Waals surface area contributed by atoms with E-state index in [0.717, 1.165) is 11.4 Å². The Morgan fingerprint density at radius 2 is 2.10 bits per heavy atom. The molecule has 1 aromatic heterocycles. The first-order chi connectivity index (χ1) is 10.2. The molecule has 1 N–H and O–H groups in total. The third-order valence-corrected chi connectivity index (χ3v) is 3.21. The molecule has 0 fully saturated rings. The topological polar surface area (TPSA) is 69.9 Å². The van der Waals surface area contributed by atoms with Crippen LogP contribution in [-0.2, 0) is 11.3 Å². The molecule has 21 heavy (non-hydrogen) atoms. The van der Waals surface area contributed by atoms with Crippen LogP contribution in [0.3, 0.4) is 0 Å². The van der Waals surface area contributed by atoms with Gasteiger partial charge in [-0.05, 0) is 25.1 Å². The van der Waals surface area contributed by atoms with Crippen LogP contribution < -0.4 is 14.8 Å². The first kappa shape index (κ1) is 13.4. The van der Waals surface area contributed by atoms with E-state index in [9.17, 15) is 4.79 Å². The SMILES string of the molecule is COC(=O)c1cc(CNc2ccc3c(c2)OCO3)oc1C. The van der Waals surface area contributed by atoms with Gasteiger partial charge in [0.05, 0.1) is 13.7 Å². The van der Waals surface area contributed by atoms with E-state index in [1.807, 2.05) is 18.2 Å². The van der Waals surface area contributed by atoms with Gasteiger partial charge in [0, 0.05) is 11.8 Å². The van der Waals surface area contributed by atoms with Crippen LogP contribution in [0.4, 0.5) is 5.69 Å². The van der Waals surface area contributed by atoms with Crippen LogP contribution in [0.1, 0.15) is 21.9 Å². The van der Waals surface area contributed by atoms with E-state index in [1.165, 1.54) is 7.11 Å². The van der Waals surface area contributed by atoms with Crippen molar-refractivity contribution in [3.8, 4) is 11.5 Å². The largest absolute Gasteiger partial charge is 0.465 e. The molecule has 0 radical (unpaired) electrons. The normalized spacial score (nSPS) is 12.3. The molecule has 1 aliphatic heterocycles. The molecule has 0 saturated carbocycles. The summed E-state index contributed by atoms with van der Waals surface area (Å²) in [6.07, 6.45) is 0. The highest BCUT2D eigenvalue weighted by molar-refractivity contribution is 5.90. The summed E-state index contributed by atoms with van der Waals surface area (Å²) in [5.41, 5.74) is 1.33. The molecule has 6 heteroatoms. The minimum atomic E-state index is -0.398. The van der Waals surface area contributed by atoms with Crippen LogP contribution in [0.25, 0.3) is 0 Å². The molecular formula is C15H15NO5. The Labute approximate surface area is 121 Å². The first-order valence-corrected chi connectivity index (χ1v) is 6.48. The molecule has 0 aliphatic carbocycles. The van der Waals surface area contributed by atoms with E-state index in [4.69, 9.17) is 18.6 Å². The van der Waals surface area contributed by atoms with Crippen LogP contribution in [0.2, 0.25) is 0 Å². The number of hydrogen-bond donors (Lipinski definition) is 1. The Bertz CT molecular complexity index is 677. The van der Waals surface area contributed by atoms with E-state index in [0.29, 0.717) is 29.4 Å². The Balaban J connectivity index is 1.69. The number of methoxy groups -OCH3 is 1.